The molecule has 2 rings (SSSR count). The van der Waals surface area contributed by atoms with Crippen LogP contribution in [0.1, 0.15) is 44.1 Å². The van der Waals surface area contributed by atoms with Crippen LogP contribution in [0.4, 0.5) is 0 Å². The van der Waals surface area contributed by atoms with E-state index in [2.05, 4.69) is 29.3 Å². The number of aromatic nitrogens is 5. The molecule has 1 N–H and O–H groups in total. The first-order valence-corrected chi connectivity index (χ1v) is 6.76. The Labute approximate surface area is 113 Å². The van der Waals surface area contributed by atoms with Gasteiger partial charge in [-0.2, -0.15) is 5.10 Å². The summed E-state index contributed by atoms with van der Waals surface area (Å²) in [6, 6.07) is 2.44. The lowest BCUT2D eigenvalue weighted by Crippen LogP contribution is -2.06. The Hall–Kier alpha value is -1.69. The van der Waals surface area contributed by atoms with Gasteiger partial charge in [0.25, 0.3) is 0 Å². The van der Waals surface area contributed by atoms with Crippen LogP contribution >= 0.6 is 0 Å². The molecule has 0 aliphatic rings. The predicted octanol–water partition coefficient (Wildman–Crippen LogP) is 1.42. The maximum Gasteiger partial charge on any atom is 0.0867 e. The van der Waals surface area contributed by atoms with Crippen LogP contribution in [0.5, 0.6) is 0 Å². The number of aliphatic hydroxyl groups excluding tert-OH is 1. The van der Waals surface area contributed by atoms with Gasteiger partial charge < -0.3 is 5.11 Å². The van der Waals surface area contributed by atoms with Crippen molar-refractivity contribution in [3.63, 3.8) is 0 Å². The topological polar surface area (TPSA) is 68.8 Å². The molecule has 19 heavy (non-hydrogen) atoms. The van der Waals surface area contributed by atoms with Gasteiger partial charge in [0, 0.05) is 25.0 Å². The minimum atomic E-state index is 0.187. The van der Waals surface area contributed by atoms with E-state index in [4.69, 9.17) is 5.11 Å². The number of hydrogen-bond acceptors (Lipinski definition) is 4. The highest BCUT2D eigenvalue weighted by Crippen LogP contribution is 2.10. The second-order valence-corrected chi connectivity index (χ2v) is 4.78. The average Bonchev–Trinajstić information content (AvgIpc) is 3.05. The van der Waals surface area contributed by atoms with Gasteiger partial charge in [-0.05, 0) is 32.3 Å². The molecule has 0 aromatic carbocycles. The minimum Gasteiger partial charge on any atom is -0.396 e. The third kappa shape index (κ3) is 3.64. The molecule has 0 fully saturated rings. The summed E-state index contributed by atoms with van der Waals surface area (Å²) in [5.41, 5.74) is 1.90. The first kappa shape index (κ1) is 13.7. The Morgan fingerprint density at radius 2 is 2.21 bits per heavy atom. The molecule has 2 aromatic rings. The summed E-state index contributed by atoms with van der Waals surface area (Å²) in [5.74, 6) is 0. The van der Waals surface area contributed by atoms with Crippen molar-refractivity contribution in [2.24, 2.45) is 0 Å². The van der Waals surface area contributed by atoms with Crippen molar-refractivity contribution in [1.82, 2.24) is 24.8 Å². The van der Waals surface area contributed by atoms with Crippen molar-refractivity contribution >= 4 is 0 Å². The number of hydrogen-bond donors (Lipinski definition) is 1. The molecule has 1 atom stereocenters. The second kappa shape index (κ2) is 6.47. The van der Waals surface area contributed by atoms with E-state index in [-0.39, 0.29) is 6.61 Å². The van der Waals surface area contributed by atoms with Crippen LogP contribution in [0.2, 0.25) is 0 Å². The first-order valence-electron chi connectivity index (χ1n) is 6.76. The lowest BCUT2D eigenvalue weighted by Gasteiger charge is -2.07. The molecule has 0 saturated heterocycles. The first-order chi connectivity index (χ1) is 9.22. The fourth-order valence-corrected chi connectivity index (χ4v) is 1.85. The minimum absolute atomic E-state index is 0.187. The third-order valence-electron chi connectivity index (χ3n) is 3.21. The zero-order chi connectivity index (χ0) is 13.7. The summed E-state index contributed by atoms with van der Waals surface area (Å²) in [6.07, 6.45) is 6.47. The predicted molar refractivity (Wildman–Crippen MR) is 71.8 cm³/mol. The normalized spacial score (nSPS) is 12.8. The smallest absolute Gasteiger partial charge is 0.0867 e. The highest BCUT2D eigenvalue weighted by molar-refractivity contribution is 5.01. The highest BCUT2D eigenvalue weighted by Gasteiger charge is 2.06. The van der Waals surface area contributed by atoms with Gasteiger partial charge in [0.1, 0.15) is 0 Å². The van der Waals surface area contributed by atoms with Crippen LogP contribution in [0.3, 0.4) is 0 Å². The maximum atomic E-state index is 8.78. The molecule has 0 radical (unpaired) electrons. The largest absolute Gasteiger partial charge is 0.396 e. The van der Waals surface area contributed by atoms with Crippen molar-refractivity contribution in [2.75, 3.05) is 6.61 Å². The van der Waals surface area contributed by atoms with E-state index in [0.29, 0.717) is 12.6 Å². The Kier molecular flexibility index (Phi) is 4.68. The molecule has 0 saturated carbocycles. The van der Waals surface area contributed by atoms with Gasteiger partial charge in [0.15, 0.2) is 0 Å². The molecular weight excluding hydrogens is 242 g/mol. The van der Waals surface area contributed by atoms with Gasteiger partial charge in [-0.1, -0.05) is 12.1 Å². The van der Waals surface area contributed by atoms with E-state index >= 15 is 0 Å². The van der Waals surface area contributed by atoms with Gasteiger partial charge in [-0.3, -0.25) is 4.68 Å². The van der Waals surface area contributed by atoms with Crippen LogP contribution in [0.15, 0.2) is 18.5 Å². The number of aliphatic hydroxyl groups is 1. The number of rotatable bonds is 7. The SMILES string of the molecule is CCC(C)n1ccc(Cn2cc(CCCO)nn2)n1. The van der Waals surface area contributed by atoms with Crippen LogP contribution in [0.25, 0.3) is 0 Å². The molecule has 0 bridgehead atoms. The van der Waals surface area contributed by atoms with E-state index in [9.17, 15) is 0 Å². The van der Waals surface area contributed by atoms with Crippen molar-refractivity contribution in [2.45, 2.75) is 45.7 Å². The molecule has 2 aromatic heterocycles. The fourth-order valence-electron chi connectivity index (χ4n) is 1.85. The second-order valence-electron chi connectivity index (χ2n) is 4.78. The van der Waals surface area contributed by atoms with E-state index < -0.39 is 0 Å². The van der Waals surface area contributed by atoms with Gasteiger partial charge in [-0.25, -0.2) is 4.68 Å². The van der Waals surface area contributed by atoms with E-state index in [1.165, 1.54) is 0 Å². The van der Waals surface area contributed by atoms with Gasteiger partial charge in [0.2, 0.25) is 0 Å². The summed E-state index contributed by atoms with van der Waals surface area (Å²) in [6.45, 7) is 5.12. The molecule has 0 aliphatic heterocycles. The van der Waals surface area contributed by atoms with Crippen molar-refractivity contribution in [1.29, 1.82) is 0 Å². The van der Waals surface area contributed by atoms with Gasteiger partial charge in [0.05, 0.1) is 17.9 Å². The van der Waals surface area contributed by atoms with Gasteiger partial charge >= 0.3 is 0 Å². The highest BCUT2D eigenvalue weighted by atomic mass is 16.2. The Morgan fingerprint density at radius 3 is 2.95 bits per heavy atom. The quantitative estimate of drug-likeness (QED) is 0.820. The lowest BCUT2D eigenvalue weighted by molar-refractivity contribution is 0.288. The standard InChI is InChI=1S/C13H21N5O/c1-3-11(2)18-7-6-13(15-18)10-17-9-12(14-16-17)5-4-8-19/h6-7,9,11,19H,3-5,8,10H2,1-2H3. The molecule has 0 amide bonds. The van der Waals surface area contributed by atoms with Crippen LogP contribution < -0.4 is 0 Å². The maximum absolute atomic E-state index is 8.78. The van der Waals surface area contributed by atoms with Gasteiger partial charge in [-0.15, -0.1) is 5.10 Å². The molecule has 2 heterocycles. The molecule has 6 heteroatoms. The molecule has 104 valence electrons. The van der Waals surface area contributed by atoms with Crippen molar-refractivity contribution in [3.05, 3.63) is 29.8 Å². The monoisotopic (exact) mass is 263 g/mol. The molecule has 0 spiro atoms. The zero-order valence-electron chi connectivity index (χ0n) is 11.5. The van der Waals surface area contributed by atoms with Crippen molar-refractivity contribution in [3.8, 4) is 0 Å². The lowest BCUT2D eigenvalue weighted by atomic mass is 10.3. The summed E-state index contributed by atoms with van der Waals surface area (Å²) in [4.78, 5) is 0. The van der Waals surface area contributed by atoms with Crippen LogP contribution in [-0.4, -0.2) is 36.5 Å². The zero-order valence-corrected chi connectivity index (χ0v) is 11.5. The Balaban J connectivity index is 1.96. The molecule has 6 nitrogen and oxygen atoms in total. The van der Waals surface area contributed by atoms with Crippen LogP contribution in [-0.2, 0) is 13.0 Å². The van der Waals surface area contributed by atoms with Crippen molar-refractivity contribution < 1.29 is 5.11 Å². The van der Waals surface area contributed by atoms with Crippen LogP contribution in [0, 0.1) is 0 Å². The molecular formula is C13H21N5O. The third-order valence-corrected chi connectivity index (χ3v) is 3.21. The summed E-state index contributed by atoms with van der Waals surface area (Å²) in [5, 5.41) is 21.5. The number of nitrogens with zero attached hydrogens (tertiary/aromatic N) is 5. The summed E-state index contributed by atoms with van der Waals surface area (Å²) in [7, 11) is 0. The average molecular weight is 263 g/mol. The summed E-state index contributed by atoms with van der Waals surface area (Å²) >= 11 is 0. The molecule has 0 aliphatic carbocycles. The summed E-state index contributed by atoms with van der Waals surface area (Å²) < 4.78 is 3.77. The Morgan fingerprint density at radius 1 is 1.37 bits per heavy atom. The fraction of sp³-hybridized carbons (Fsp3) is 0.615. The number of aryl methyl sites for hydroxylation is 1. The van der Waals surface area contributed by atoms with E-state index in [0.717, 1.165) is 30.7 Å². The Bertz CT molecular complexity index is 505. The van der Waals surface area contributed by atoms with E-state index in [1.807, 2.05) is 23.1 Å². The molecule has 1 unspecified atom stereocenters. The van der Waals surface area contributed by atoms with E-state index in [1.54, 1.807) is 4.68 Å².